The summed E-state index contributed by atoms with van der Waals surface area (Å²) in [5, 5.41) is 3.58. The Morgan fingerprint density at radius 2 is 1.82 bits per heavy atom. The minimum absolute atomic E-state index is 0.587. The first-order valence-electron chi connectivity index (χ1n) is 6.49. The predicted octanol–water partition coefficient (Wildman–Crippen LogP) is 3.41. The average molecular weight is 234 g/mol. The van der Waals surface area contributed by atoms with Gasteiger partial charge >= 0.3 is 0 Å². The molecule has 1 aliphatic carbocycles. The summed E-state index contributed by atoms with van der Waals surface area (Å²) in [6.45, 7) is 0. The molecule has 0 aliphatic heterocycles. The van der Waals surface area contributed by atoms with E-state index in [1.54, 1.807) is 7.11 Å². The number of hydrogen-bond acceptors (Lipinski definition) is 3. The summed E-state index contributed by atoms with van der Waals surface area (Å²) >= 11 is 0. The van der Waals surface area contributed by atoms with Crippen LogP contribution in [0.15, 0.2) is 18.2 Å². The lowest BCUT2D eigenvalue weighted by Crippen LogP contribution is -2.18. The van der Waals surface area contributed by atoms with E-state index in [2.05, 4.69) is 5.32 Å². The molecule has 1 fully saturated rings. The number of rotatable bonds is 3. The van der Waals surface area contributed by atoms with E-state index in [0.717, 1.165) is 17.1 Å². The molecule has 1 aliphatic rings. The van der Waals surface area contributed by atoms with Crippen LogP contribution in [0.5, 0.6) is 5.75 Å². The van der Waals surface area contributed by atoms with Gasteiger partial charge in [-0.1, -0.05) is 25.7 Å². The van der Waals surface area contributed by atoms with Crippen molar-refractivity contribution in [2.24, 2.45) is 0 Å². The molecule has 1 aromatic carbocycles. The highest BCUT2D eigenvalue weighted by molar-refractivity contribution is 5.59. The van der Waals surface area contributed by atoms with Crippen LogP contribution in [0.3, 0.4) is 0 Å². The molecule has 0 bridgehead atoms. The first-order chi connectivity index (χ1) is 8.28. The van der Waals surface area contributed by atoms with E-state index in [0.29, 0.717) is 6.04 Å². The van der Waals surface area contributed by atoms with E-state index >= 15 is 0 Å². The molecule has 0 radical (unpaired) electrons. The highest BCUT2D eigenvalue weighted by Gasteiger charge is 2.12. The van der Waals surface area contributed by atoms with Crippen LogP contribution in [0.4, 0.5) is 11.4 Å². The maximum absolute atomic E-state index is 5.85. The number of nitrogens with one attached hydrogen (secondary N) is 1. The fourth-order valence-corrected chi connectivity index (χ4v) is 2.48. The molecule has 0 atom stereocenters. The Labute approximate surface area is 103 Å². The summed E-state index contributed by atoms with van der Waals surface area (Å²) in [5.74, 6) is 0.820. The molecule has 0 aromatic heterocycles. The van der Waals surface area contributed by atoms with Gasteiger partial charge in [0.2, 0.25) is 0 Å². The molecule has 2 rings (SSSR count). The molecular formula is C14H22N2O. The Bertz CT molecular complexity index is 357. The monoisotopic (exact) mass is 234 g/mol. The van der Waals surface area contributed by atoms with Gasteiger partial charge in [0.1, 0.15) is 5.75 Å². The molecule has 0 amide bonds. The molecule has 1 saturated carbocycles. The smallest absolute Gasteiger partial charge is 0.122 e. The second-order valence-electron chi connectivity index (χ2n) is 4.83. The molecule has 0 unspecified atom stereocenters. The fourth-order valence-electron chi connectivity index (χ4n) is 2.48. The second kappa shape index (κ2) is 5.80. The molecular weight excluding hydrogens is 212 g/mol. The topological polar surface area (TPSA) is 47.3 Å². The quantitative estimate of drug-likeness (QED) is 0.622. The fraction of sp³-hybridized carbons (Fsp3) is 0.571. The number of benzene rings is 1. The summed E-state index contributed by atoms with van der Waals surface area (Å²) in [7, 11) is 1.67. The van der Waals surface area contributed by atoms with Gasteiger partial charge in [0, 0.05) is 29.5 Å². The molecule has 0 heterocycles. The van der Waals surface area contributed by atoms with Gasteiger partial charge < -0.3 is 15.8 Å². The molecule has 1 aromatic rings. The lowest BCUT2D eigenvalue weighted by atomic mass is 10.1. The average Bonchev–Trinajstić information content (AvgIpc) is 2.57. The summed E-state index contributed by atoms with van der Waals surface area (Å²) in [6, 6.07) is 6.43. The van der Waals surface area contributed by atoms with E-state index < -0.39 is 0 Å². The molecule has 17 heavy (non-hydrogen) atoms. The molecule has 3 heteroatoms. The third-order valence-electron chi connectivity index (χ3n) is 3.39. The third-order valence-corrected chi connectivity index (χ3v) is 3.39. The maximum Gasteiger partial charge on any atom is 0.122 e. The van der Waals surface area contributed by atoms with Crippen LogP contribution < -0.4 is 15.8 Å². The first kappa shape index (κ1) is 12.1. The summed E-state index contributed by atoms with van der Waals surface area (Å²) < 4.78 is 5.23. The third kappa shape index (κ3) is 3.55. The van der Waals surface area contributed by atoms with Crippen LogP contribution in [-0.4, -0.2) is 13.2 Å². The Kier molecular flexibility index (Phi) is 4.13. The lowest BCUT2D eigenvalue weighted by Gasteiger charge is -2.18. The van der Waals surface area contributed by atoms with Crippen LogP contribution in [0.25, 0.3) is 0 Å². The standard InChI is InChI=1S/C14H22N2O/c1-17-14-9-11(15)8-13(10-14)16-12-6-4-2-3-5-7-12/h8-10,12,16H,2-7,15H2,1H3. The van der Waals surface area contributed by atoms with Crippen molar-refractivity contribution in [1.29, 1.82) is 0 Å². The van der Waals surface area contributed by atoms with Gasteiger partial charge in [-0.25, -0.2) is 0 Å². The molecule has 0 saturated heterocycles. The van der Waals surface area contributed by atoms with Crippen molar-refractivity contribution in [3.63, 3.8) is 0 Å². The van der Waals surface area contributed by atoms with Gasteiger partial charge in [-0.3, -0.25) is 0 Å². The van der Waals surface area contributed by atoms with Crippen molar-refractivity contribution >= 4 is 11.4 Å². The highest BCUT2D eigenvalue weighted by Crippen LogP contribution is 2.26. The van der Waals surface area contributed by atoms with Gasteiger partial charge in [-0.15, -0.1) is 0 Å². The Morgan fingerprint density at radius 3 is 2.47 bits per heavy atom. The van der Waals surface area contributed by atoms with Gasteiger partial charge in [0.25, 0.3) is 0 Å². The minimum Gasteiger partial charge on any atom is -0.497 e. The maximum atomic E-state index is 5.85. The van der Waals surface area contributed by atoms with E-state index in [9.17, 15) is 0 Å². The highest BCUT2D eigenvalue weighted by atomic mass is 16.5. The van der Waals surface area contributed by atoms with E-state index in [4.69, 9.17) is 10.5 Å². The van der Waals surface area contributed by atoms with Gasteiger partial charge in [-0.05, 0) is 18.9 Å². The number of ether oxygens (including phenoxy) is 1. The Balaban J connectivity index is 2.03. The number of hydrogen-bond donors (Lipinski definition) is 2. The first-order valence-corrected chi connectivity index (χ1v) is 6.49. The van der Waals surface area contributed by atoms with Gasteiger partial charge in [0.05, 0.1) is 7.11 Å². The second-order valence-corrected chi connectivity index (χ2v) is 4.83. The number of anilines is 2. The van der Waals surface area contributed by atoms with E-state index in [-0.39, 0.29) is 0 Å². The van der Waals surface area contributed by atoms with Crippen molar-refractivity contribution in [3.8, 4) is 5.75 Å². The minimum atomic E-state index is 0.587. The number of methoxy groups -OCH3 is 1. The zero-order chi connectivity index (χ0) is 12.1. The summed E-state index contributed by atoms with van der Waals surface area (Å²) in [6.07, 6.45) is 7.93. The normalized spacial score (nSPS) is 17.5. The summed E-state index contributed by atoms with van der Waals surface area (Å²) in [5.41, 5.74) is 7.68. The predicted molar refractivity (Wildman–Crippen MR) is 72.5 cm³/mol. The zero-order valence-corrected chi connectivity index (χ0v) is 10.5. The Morgan fingerprint density at radius 1 is 1.12 bits per heavy atom. The molecule has 3 nitrogen and oxygen atoms in total. The zero-order valence-electron chi connectivity index (χ0n) is 10.5. The van der Waals surface area contributed by atoms with Crippen LogP contribution in [0, 0.1) is 0 Å². The summed E-state index contributed by atoms with van der Waals surface area (Å²) in [4.78, 5) is 0. The van der Waals surface area contributed by atoms with Crippen LogP contribution in [0.2, 0.25) is 0 Å². The van der Waals surface area contributed by atoms with Crippen LogP contribution in [-0.2, 0) is 0 Å². The van der Waals surface area contributed by atoms with Crippen LogP contribution in [0.1, 0.15) is 38.5 Å². The van der Waals surface area contributed by atoms with Crippen molar-refractivity contribution in [2.75, 3.05) is 18.2 Å². The largest absolute Gasteiger partial charge is 0.497 e. The SMILES string of the molecule is COc1cc(N)cc(NC2CCCCCC2)c1. The van der Waals surface area contributed by atoms with Crippen LogP contribution >= 0.6 is 0 Å². The lowest BCUT2D eigenvalue weighted by molar-refractivity contribution is 0.415. The van der Waals surface area contributed by atoms with Crippen molar-refractivity contribution in [3.05, 3.63) is 18.2 Å². The van der Waals surface area contributed by atoms with E-state index in [1.807, 2.05) is 18.2 Å². The molecule has 0 spiro atoms. The van der Waals surface area contributed by atoms with Crippen molar-refractivity contribution in [1.82, 2.24) is 0 Å². The number of nitrogens with two attached hydrogens (primary N) is 1. The van der Waals surface area contributed by atoms with Gasteiger partial charge in [-0.2, -0.15) is 0 Å². The number of nitrogen functional groups attached to an aromatic ring is 1. The molecule has 94 valence electrons. The van der Waals surface area contributed by atoms with Crippen molar-refractivity contribution in [2.45, 2.75) is 44.6 Å². The Hall–Kier alpha value is -1.38. The van der Waals surface area contributed by atoms with Crippen molar-refractivity contribution < 1.29 is 4.74 Å². The van der Waals surface area contributed by atoms with E-state index in [1.165, 1.54) is 38.5 Å². The molecule has 3 N–H and O–H groups in total. The van der Waals surface area contributed by atoms with Gasteiger partial charge in [0.15, 0.2) is 0 Å².